The summed E-state index contributed by atoms with van der Waals surface area (Å²) in [6.45, 7) is 5.37. The van der Waals surface area contributed by atoms with Crippen molar-refractivity contribution in [2.45, 2.75) is 38.9 Å². The summed E-state index contributed by atoms with van der Waals surface area (Å²) in [6, 6.07) is 19.3. The highest BCUT2D eigenvalue weighted by Gasteiger charge is 2.30. The molecule has 0 N–H and O–H groups in total. The Morgan fingerprint density at radius 2 is 1.68 bits per heavy atom. The zero-order valence-corrected chi connectivity index (χ0v) is 18.0. The summed E-state index contributed by atoms with van der Waals surface area (Å²) >= 11 is 0. The van der Waals surface area contributed by atoms with Crippen LogP contribution in [0.15, 0.2) is 67.0 Å². The summed E-state index contributed by atoms with van der Waals surface area (Å²) < 4.78 is 1.95. The molecular weight excluding hydrogens is 384 g/mol. The van der Waals surface area contributed by atoms with Gasteiger partial charge in [0.1, 0.15) is 0 Å². The lowest BCUT2D eigenvalue weighted by molar-refractivity contribution is -0.138. The Labute approximate surface area is 184 Å². The largest absolute Gasteiger partial charge is 0.338 e. The molecule has 2 aromatic carbocycles. The number of hydrogen-bond acceptors (Lipinski definition) is 3. The molecule has 160 valence electrons. The molecule has 1 aromatic heterocycles. The Kier molecular flexibility index (Phi) is 5.85. The highest BCUT2D eigenvalue weighted by atomic mass is 16.2. The Bertz CT molecular complexity index is 1020. The van der Waals surface area contributed by atoms with E-state index in [1.165, 1.54) is 22.3 Å². The summed E-state index contributed by atoms with van der Waals surface area (Å²) in [5.74, 6) is 0.531. The van der Waals surface area contributed by atoms with E-state index >= 15 is 0 Å². The van der Waals surface area contributed by atoms with Gasteiger partial charge in [0.15, 0.2) is 0 Å². The molecule has 0 saturated carbocycles. The number of carbonyl (C=O) groups excluding carboxylic acids is 1. The van der Waals surface area contributed by atoms with Crippen LogP contribution in [0.1, 0.15) is 35.1 Å². The number of benzene rings is 2. The molecule has 0 radical (unpaired) electrons. The van der Waals surface area contributed by atoms with Crippen LogP contribution in [0.3, 0.4) is 0 Å². The minimum atomic E-state index is 0.174. The fourth-order valence-corrected chi connectivity index (χ4v) is 4.95. The number of piperidine rings is 1. The Hall–Kier alpha value is -2.92. The van der Waals surface area contributed by atoms with Crippen molar-refractivity contribution in [3.8, 4) is 0 Å². The van der Waals surface area contributed by atoms with E-state index in [4.69, 9.17) is 0 Å². The van der Waals surface area contributed by atoms with Crippen molar-refractivity contribution >= 4 is 5.91 Å². The molecule has 3 heterocycles. The van der Waals surface area contributed by atoms with E-state index in [-0.39, 0.29) is 5.92 Å². The SMILES string of the molecule is O=C(C1CCN(Cc2cccc(Cn3cccn3)c2)CC1)N1CCc2ccccc2C1. The second kappa shape index (κ2) is 9.06. The van der Waals surface area contributed by atoms with Gasteiger partial charge in [0, 0.05) is 37.9 Å². The monoisotopic (exact) mass is 414 g/mol. The lowest BCUT2D eigenvalue weighted by atomic mass is 9.92. The molecule has 0 unspecified atom stereocenters. The van der Waals surface area contributed by atoms with Crippen molar-refractivity contribution in [1.82, 2.24) is 19.6 Å². The normalized spacial score (nSPS) is 17.5. The van der Waals surface area contributed by atoms with Gasteiger partial charge < -0.3 is 4.90 Å². The first-order valence-electron chi connectivity index (χ1n) is 11.4. The van der Waals surface area contributed by atoms with Crippen LogP contribution < -0.4 is 0 Å². The van der Waals surface area contributed by atoms with E-state index in [1.807, 2.05) is 23.1 Å². The Morgan fingerprint density at radius 1 is 0.903 bits per heavy atom. The molecule has 1 amide bonds. The first-order valence-corrected chi connectivity index (χ1v) is 11.4. The molecule has 0 bridgehead atoms. The lowest BCUT2D eigenvalue weighted by Gasteiger charge is -2.36. The van der Waals surface area contributed by atoms with Gasteiger partial charge in [0.2, 0.25) is 5.91 Å². The molecule has 2 aliphatic rings. The second-order valence-electron chi connectivity index (χ2n) is 8.85. The number of carbonyl (C=O) groups is 1. The van der Waals surface area contributed by atoms with Crippen LogP contribution in [0.5, 0.6) is 0 Å². The lowest BCUT2D eigenvalue weighted by Crippen LogP contribution is -2.44. The van der Waals surface area contributed by atoms with Gasteiger partial charge >= 0.3 is 0 Å². The Morgan fingerprint density at radius 3 is 2.45 bits per heavy atom. The molecule has 2 aliphatic heterocycles. The van der Waals surface area contributed by atoms with Gasteiger partial charge in [-0.15, -0.1) is 0 Å². The number of rotatable bonds is 5. The van der Waals surface area contributed by atoms with Crippen molar-refractivity contribution in [3.05, 3.63) is 89.2 Å². The number of aromatic nitrogens is 2. The van der Waals surface area contributed by atoms with E-state index in [2.05, 4.69) is 63.4 Å². The molecule has 31 heavy (non-hydrogen) atoms. The van der Waals surface area contributed by atoms with Crippen molar-refractivity contribution in [3.63, 3.8) is 0 Å². The Balaban J connectivity index is 1.14. The summed E-state index contributed by atoms with van der Waals surface area (Å²) in [7, 11) is 0. The summed E-state index contributed by atoms with van der Waals surface area (Å²) in [5.41, 5.74) is 5.32. The molecule has 0 atom stereocenters. The maximum Gasteiger partial charge on any atom is 0.226 e. The van der Waals surface area contributed by atoms with Gasteiger partial charge in [-0.1, -0.05) is 48.5 Å². The number of fused-ring (bicyclic) bond motifs is 1. The van der Waals surface area contributed by atoms with Crippen LogP contribution >= 0.6 is 0 Å². The first-order chi connectivity index (χ1) is 15.2. The molecule has 5 heteroatoms. The van der Waals surface area contributed by atoms with Crippen LogP contribution in [0, 0.1) is 5.92 Å². The van der Waals surface area contributed by atoms with E-state index in [9.17, 15) is 4.79 Å². The maximum atomic E-state index is 13.1. The summed E-state index contributed by atoms with van der Waals surface area (Å²) in [5, 5.41) is 4.30. The zero-order valence-electron chi connectivity index (χ0n) is 18.0. The second-order valence-corrected chi connectivity index (χ2v) is 8.85. The third-order valence-electron chi connectivity index (χ3n) is 6.68. The number of hydrogen-bond donors (Lipinski definition) is 0. The molecular formula is C26H30N4O. The van der Waals surface area contributed by atoms with Gasteiger partial charge in [-0.2, -0.15) is 5.10 Å². The van der Waals surface area contributed by atoms with Crippen LogP contribution in [0.2, 0.25) is 0 Å². The van der Waals surface area contributed by atoms with Crippen LogP contribution in [-0.4, -0.2) is 45.1 Å². The fraction of sp³-hybridized carbons (Fsp3) is 0.385. The smallest absolute Gasteiger partial charge is 0.226 e. The first kappa shape index (κ1) is 20.0. The molecule has 0 aliphatic carbocycles. The molecule has 1 saturated heterocycles. The van der Waals surface area contributed by atoms with Crippen LogP contribution in [0.25, 0.3) is 0 Å². The average molecular weight is 415 g/mol. The maximum absolute atomic E-state index is 13.1. The van der Waals surface area contributed by atoms with Crippen LogP contribution in [0.4, 0.5) is 0 Å². The molecule has 3 aromatic rings. The predicted octanol–water partition coefficient (Wildman–Crippen LogP) is 3.73. The third kappa shape index (κ3) is 4.72. The van der Waals surface area contributed by atoms with Gasteiger partial charge in [-0.25, -0.2) is 0 Å². The number of nitrogens with zero attached hydrogens (tertiary/aromatic N) is 4. The van der Waals surface area contributed by atoms with Crippen molar-refractivity contribution in [2.75, 3.05) is 19.6 Å². The minimum Gasteiger partial charge on any atom is -0.338 e. The van der Waals surface area contributed by atoms with Gasteiger partial charge in [0.25, 0.3) is 0 Å². The van der Waals surface area contributed by atoms with E-state index in [0.29, 0.717) is 5.91 Å². The van der Waals surface area contributed by atoms with Gasteiger partial charge in [0.05, 0.1) is 6.54 Å². The highest BCUT2D eigenvalue weighted by molar-refractivity contribution is 5.79. The van der Waals surface area contributed by atoms with E-state index in [1.54, 1.807) is 0 Å². The third-order valence-corrected chi connectivity index (χ3v) is 6.68. The zero-order chi connectivity index (χ0) is 21.0. The molecule has 5 nitrogen and oxygen atoms in total. The van der Waals surface area contributed by atoms with Crippen molar-refractivity contribution in [1.29, 1.82) is 0 Å². The van der Waals surface area contributed by atoms with Gasteiger partial charge in [-0.3, -0.25) is 14.4 Å². The van der Waals surface area contributed by atoms with E-state index in [0.717, 1.165) is 58.5 Å². The van der Waals surface area contributed by atoms with Crippen molar-refractivity contribution < 1.29 is 4.79 Å². The average Bonchev–Trinajstić information content (AvgIpc) is 3.32. The topological polar surface area (TPSA) is 41.4 Å². The standard InChI is InChI=1S/C26H30N4O/c31-26(29-16-11-23-7-1-2-8-25(23)20-29)24-9-14-28(15-10-24)18-21-5-3-6-22(17-21)19-30-13-4-12-27-30/h1-8,12-13,17,24H,9-11,14-16,18-20H2. The van der Waals surface area contributed by atoms with Crippen LogP contribution in [-0.2, 0) is 30.8 Å². The minimum absolute atomic E-state index is 0.174. The van der Waals surface area contributed by atoms with Gasteiger partial charge in [-0.05, 0) is 60.7 Å². The summed E-state index contributed by atoms with van der Waals surface area (Å²) in [4.78, 5) is 17.7. The molecule has 1 fully saturated rings. The quantitative estimate of drug-likeness (QED) is 0.639. The predicted molar refractivity (Wildman–Crippen MR) is 121 cm³/mol. The molecule has 0 spiro atoms. The fourth-order valence-electron chi connectivity index (χ4n) is 4.95. The van der Waals surface area contributed by atoms with E-state index < -0.39 is 0 Å². The molecule has 5 rings (SSSR count). The summed E-state index contributed by atoms with van der Waals surface area (Å²) in [6.07, 6.45) is 6.72. The number of amides is 1. The van der Waals surface area contributed by atoms with Crippen molar-refractivity contribution in [2.24, 2.45) is 5.92 Å². The highest BCUT2D eigenvalue weighted by Crippen LogP contribution is 2.25. The number of likely N-dealkylation sites (tertiary alicyclic amines) is 1.